The van der Waals surface area contributed by atoms with E-state index in [1.54, 1.807) is 0 Å². The molecule has 0 aliphatic carbocycles. The summed E-state index contributed by atoms with van der Waals surface area (Å²) in [4.78, 5) is 33.3. The lowest BCUT2D eigenvalue weighted by molar-refractivity contribution is -0.146. The third kappa shape index (κ3) is 7.01. The highest BCUT2D eigenvalue weighted by molar-refractivity contribution is 6.99. The van der Waals surface area contributed by atoms with Crippen molar-refractivity contribution in [3.63, 3.8) is 0 Å². The van der Waals surface area contributed by atoms with Crippen LogP contribution in [0.15, 0.2) is 60.7 Å². The fraction of sp³-hybridized carbons (Fsp3) is 0.423. The first-order chi connectivity index (χ1) is 16.3. The van der Waals surface area contributed by atoms with Crippen molar-refractivity contribution in [3.8, 4) is 0 Å². The van der Waals surface area contributed by atoms with Crippen LogP contribution in [0.2, 0.25) is 5.04 Å². The zero-order valence-electron chi connectivity index (χ0n) is 20.3. The average molecular weight is 487 g/mol. The van der Waals surface area contributed by atoms with Gasteiger partial charge in [0, 0.05) is 25.4 Å². The van der Waals surface area contributed by atoms with Crippen LogP contribution in [0.3, 0.4) is 0 Å². The zero-order chi connectivity index (χ0) is 25.0. The molecule has 0 saturated carbocycles. The summed E-state index contributed by atoms with van der Waals surface area (Å²) >= 11 is 0. The highest BCUT2D eigenvalue weighted by Crippen LogP contribution is 2.37. The van der Waals surface area contributed by atoms with E-state index in [4.69, 9.17) is 18.6 Å². The molecule has 0 aliphatic heterocycles. The zero-order valence-corrected chi connectivity index (χ0v) is 21.3. The molecule has 0 radical (unpaired) electrons. The van der Waals surface area contributed by atoms with Crippen molar-refractivity contribution in [2.45, 2.75) is 32.7 Å². The molecule has 0 N–H and O–H groups in total. The first kappa shape index (κ1) is 27.3. The summed E-state index contributed by atoms with van der Waals surface area (Å²) in [6, 6.07) is 20.3. The van der Waals surface area contributed by atoms with Gasteiger partial charge in [0.25, 0.3) is 21.3 Å². The summed E-state index contributed by atoms with van der Waals surface area (Å²) in [7, 11) is -2.84. The minimum absolute atomic E-state index is 0.00771. The van der Waals surface area contributed by atoms with E-state index in [1.807, 2.05) is 36.4 Å². The fourth-order valence-electron chi connectivity index (χ4n) is 4.18. The number of hydrogen-bond donors (Lipinski definition) is 0. The van der Waals surface area contributed by atoms with E-state index in [-0.39, 0.29) is 37.4 Å². The fourth-order valence-corrected chi connectivity index (χ4v) is 8.80. The van der Waals surface area contributed by atoms with Gasteiger partial charge in [0.1, 0.15) is 0 Å². The maximum Gasteiger partial charge on any atom is 0.302 e. The second-order valence-electron chi connectivity index (χ2n) is 9.16. The molecule has 8 heteroatoms. The summed E-state index contributed by atoms with van der Waals surface area (Å²) in [5.74, 6) is -1.22. The van der Waals surface area contributed by atoms with E-state index in [1.165, 1.54) is 6.92 Å². The summed E-state index contributed by atoms with van der Waals surface area (Å²) < 4.78 is 22.3. The largest absolute Gasteiger partial charge is 0.467 e. The molecule has 0 unspecified atom stereocenters. The predicted octanol–water partition coefficient (Wildman–Crippen LogP) is 2.70. The molecule has 2 rings (SSSR count). The first-order valence-corrected chi connectivity index (χ1v) is 13.2. The standard InChI is InChI=1S/C26H34O7Si/c1-21(29)32-17-22(15-30-19-27)23(16-31-20-28)18-33-34(26(2,3)4,24-11-7-5-8-12-24)25-13-9-6-10-14-25/h5-14,19-20,22-23H,15-18H2,1-4H3/t22-,23+/m1/s1. The number of carbonyl (C=O) groups is 3. The molecule has 2 aromatic carbocycles. The molecule has 34 heavy (non-hydrogen) atoms. The van der Waals surface area contributed by atoms with Gasteiger partial charge < -0.3 is 18.6 Å². The highest BCUT2D eigenvalue weighted by Gasteiger charge is 2.50. The number of carbonyl (C=O) groups excluding carboxylic acids is 3. The molecule has 0 fully saturated rings. The number of esters is 1. The molecular formula is C26H34O7Si. The lowest BCUT2D eigenvalue weighted by Gasteiger charge is -2.44. The van der Waals surface area contributed by atoms with Gasteiger partial charge in [0.2, 0.25) is 0 Å². The van der Waals surface area contributed by atoms with Gasteiger partial charge >= 0.3 is 5.97 Å². The predicted molar refractivity (Wildman–Crippen MR) is 131 cm³/mol. The molecule has 0 aromatic heterocycles. The first-order valence-electron chi connectivity index (χ1n) is 11.2. The Bertz CT molecular complexity index is 857. The molecule has 0 aliphatic rings. The van der Waals surface area contributed by atoms with Crippen LogP contribution in [0, 0.1) is 11.8 Å². The van der Waals surface area contributed by atoms with E-state index in [9.17, 15) is 14.4 Å². The molecule has 2 aromatic rings. The summed E-state index contributed by atoms with van der Waals surface area (Å²) in [5.41, 5.74) is 0. The molecule has 0 amide bonds. The van der Waals surface area contributed by atoms with Crippen molar-refractivity contribution in [3.05, 3.63) is 60.7 Å². The average Bonchev–Trinajstić information content (AvgIpc) is 2.82. The number of ether oxygens (including phenoxy) is 3. The lowest BCUT2D eigenvalue weighted by atomic mass is 9.95. The summed E-state index contributed by atoms with van der Waals surface area (Å²) in [6.07, 6.45) is 0. The maximum absolute atomic E-state index is 11.4. The molecule has 0 saturated heterocycles. The second kappa shape index (κ2) is 13.1. The van der Waals surface area contributed by atoms with Crippen molar-refractivity contribution in [1.82, 2.24) is 0 Å². The van der Waals surface area contributed by atoms with Gasteiger partial charge in [0.05, 0.1) is 19.8 Å². The van der Waals surface area contributed by atoms with Crippen LogP contribution in [0.4, 0.5) is 0 Å². The van der Waals surface area contributed by atoms with Crippen LogP contribution in [0.5, 0.6) is 0 Å². The van der Waals surface area contributed by atoms with Crippen molar-refractivity contribution in [1.29, 1.82) is 0 Å². The van der Waals surface area contributed by atoms with Gasteiger partial charge in [-0.1, -0.05) is 81.4 Å². The van der Waals surface area contributed by atoms with Gasteiger partial charge in [-0.15, -0.1) is 0 Å². The Hall–Kier alpha value is -2.97. The molecular weight excluding hydrogens is 452 g/mol. The lowest BCUT2D eigenvalue weighted by Crippen LogP contribution is -2.67. The Kier molecular flexibility index (Phi) is 10.5. The molecule has 2 atom stereocenters. The Morgan fingerprint density at radius 1 is 0.794 bits per heavy atom. The second-order valence-corrected chi connectivity index (χ2v) is 13.5. The van der Waals surface area contributed by atoms with Gasteiger partial charge in [-0.2, -0.15) is 0 Å². The van der Waals surface area contributed by atoms with Gasteiger partial charge in [0.15, 0.2) is 0 Å². The summed E-state index contributed by atoms with van der Waals surface area (Å²) in [5, 5.41) is 1.99. The van der Waals surface area contributed by atoms with Gasteiger partial charge in [-0.05, 0) is 15.4 Å². The van der Waals surface area contributed by atoms with E-state index >= 15 is 0 Å². The minimum atomic E-state index is -2.84. The molecule has 0 bridgehead atoms. The van der Waals surface area contributed by atoms with Crippen LogP contribution in [-0.2, 0) is 33.0 Å². The Morgan fingerprint density at radius 3 is 1.62 bits per heavy atom. The molecule has 0 spiro atoms. The quantitative estimate of drug-likeness (QED) is 0.176. The van der Waals surface area contributed by atoms with Crippen LogP contribution in [0.25, 0.3) is 0 Å². The van der Waals surface area contributed by atoms with Crippen LogP contribution >= 0.6 is 0 Å². The van der Waals surface area contributed by atoms with Gasteiger partial charge in [-0.3, -0.25) is 14.4 Å². The smallest absolute Gasteiger partial charge is 0.302 e. The monoisotopic (exact) mass is 486 g/mol. The third-order valence-corrected chi connectivity index (χ3v) is 10.9. The number of rotatable bonds is 14. The minimum Gasteiger partial charge on any atom is -0.467 e. The normalized spacial score (nSPS) is 13.4. The Labute approximate surface area is 202 Å². The Balaban J connectivity index is 2.49. The summed E-state index contributed by atoms with van der Waals surface area (Å²) in [6.45, 7) is 8.82. The number of benzene rings is 2. The molecule has 184 valence electrons. The van der Waals surface area contributed by atoms with Crippen molar-refractivity contribution in [2.24, 2.45) is 11.8 Å². The highest BCUT2D eigenvalue weighted by atomic mass is 28.4. The van der Waals surface area contributed by atoms with E-state index in [2.05, 4.69) is 45.0 Å². The molecule has 0 heterocycles. The third-order valence-electron chi connectivity index (χ3n) is 5.85. The Morgan fingerprint density at radius 2 is 1.24 bits per heavy atom. The van der Waals surface area contributed by atoms with Crippen molar-refractivity contribution < 1.29 is 33.0 Å². The molecule has 7 nitrogen and oxygen atoms in total. The van der Waals surface area contributed by atoms with Crippen molar-refractivity contribution in [2.75, 3.05) is 26.4 Å². The number of hydrogen-bond acceptors (Lipinski definition) is 7. The maximum atomic E-state index is 11.4. The van der Waals surface area contributed by atoms with E-state index in [0.29, 0.717) is 12.9 Å². The SMILES string of the molecule is CC(=O)OC[C@@H](COC=O)[C@@H](COC=O)CO[Si](c1ccccc1)(c1ccccc1)C(C)(C)C. The van der Waals surface area contributed by atoms with Crippen LogP contribution in [0.1, 0.15) is 27.7 Å². The van der Waals surface area contributed by atoms with E-state index < -0.39 is 20.2 Å². The van der Waals surface area contributed by atoms with Crippen LogP contribution < -0.4 is 10.4 Å². The van der Waals surface area contributed by atoms with E-state index in [0.717, 1.165) is 10.4 Å². The topological polar surface area (TPSA) is 88.1 Å². The van der Waals surface area contributed by atoms with Gasteiger partial charge in [-0.25, -0.2) is 0 Å². The van der Waals surface area contributed by atoms with Crippen molar-refractivity contribution >= 4 is 37.6 Å². The van der Waals surface area contributed by atoms with Crippen LogP contribution in [-0.4, -0.2) is 53.7 Å².